The molecule has 2 heteroatoms. The Balaban J connectivity index is 1.77. The van der Waals surface area contributed by atoms with E-state index in [1.807, 2.05) is 12.3 Å². The lowest BCUT2D eigenvalue weighted by Gasteiger charge is -2.12. The van der Waals surface area contributed by atoms with Crippen molar-refractivity contribution < 1.29 is 4.42 Å². The fourth-order valence-electron chi connectivity index (χ4n) is 1.88. The number of hydrogen-bond acceptors (Lipinski definition) is 2. The minimum atomic E-state index is 0.408. The lowest BCUT2D eigenvalue weighted by Crippen LogP contribution is -2.22. The fraction of sp³-hybridized carbons (Fsp3) is 0.667. The maximum atomic E-state index is 5.06. The van der Waals surface area contributed by atoms with Crippen LogP contribution in [-0.4, -0.2) is 6.54 Å². The van der Waals surface area contributed by atoms with E-state index in [1.54, 1.807) is 6.26 Å². The molecule has 2 atom stereocenters. The molecule has 1 aliphatic rings. The molecule has 0 radical (unpaired) electrons. The van der Waals surface area contributed by atoms with Crippen molar-refractivity contribution in [3.05, 3.63) is 24.2 Å². The van der Waals surface area contributed by atoms with Gasteiger partial charge in [0.15, 0.2) is 0 Å². The molecular weight excluding hydrogens is 174 g/mol. The first-order valence-corrected chi connectivity index (χ1v) is 5.35. The predicted octanol–water partition coefficient (Wildman–Crippen LogP) is 2.98. The summed E-state index contributed by atoms with van der Waals surface area (Å²) in [5, 5.41) is 3.54. The summed E-state index contributed by atoms with van der Waals surface area (Å²) in [6, 6.07) is 2.43. The van der Waals surface area contributed by atoms with Gasteiger partial charge in [-0.05, 0) is 37.3 Å². The molecule has 0 spiro atoms. The molecule has 0 saturated heterocycles. The summed E-state index contributed by atoms with van der Waals surface area (Å²) in [6.45, 7) is 7.98. The van der Waals surface area contributed by atoms with Gasteiger partial charge in [-0.2, -0.15) is 0 Å². The van der Waals surface area contributed by atoms with E-state index in [1.165, 1.54) is 12.0 Å². The van der Waals surface area contributed by atoms with Crippen LogP contribution in [0.15, 0.2) is 23.0 Å². The van der Waals surface area contributed by atoms with Crippen LogP contribution in [0.5, 0.6) is 0 Å². The molecule has 1 aromatic heterocycles. The second kappa shape index (κ2) is 3.43. The summed E-state index contributed by atoms with van der Waals surface area (Å²) in [6.07, 6.45) is 4.91. The van der Waals surface area contributed by atoms with Crippen molar-refractivity contribution in [2.24, 2.45) is 11.3 Å². The highest BCUT2D eigenvalue weighted by molar-refractivity contribution is 5.10. The van der Waals surface area contributed by atoms with E-state index in [0.29, 0.717) is 11.5 Å². The Morgan fingerprint density at radius 1 is 1.64 bits per heavy atom. The van der Waals surface area contributed by atoms with Gasteiger partial charge in [0.1, 0.15) is 0 Å². The van der Waals surface area contributed by atoms with Gasteiger partial charge in [-0.15, -0.1) is 0 Å². The van der Waals surface area contributed by atoms with Crippen molar-refractivity contribution in [2.45, 2.75) is 33.2 Å². The highest BCUT2D eigenvalue weighted by atomic mass is 16.3. The molecule has 0 amide bonds. The zero-order valence-corrected chi connectivity index (χ0v) is 9.21. The van der Waals surface area contributed by atoms with Crippen molar-refractivity contribution in [2.75, 3.05) is 6.54 Å². The van der Waals surface area contributed by atoms with Crippen LogP contribution in [0.2, 0.25) is 0 Å². The fourth-order valence-corrected chi connectivity index (χ4v) is 1.88. The largest absolute Gasteiger partial charge is 0.472 e. The van der Waals surface area contributed by atoms with Crippen molar-refractivity contribution in [1.29, 1.82) is 0 Å². The Morgan fingerprint density at radius 3 is 2.86 bits per heavy atom. The second-order valence-corrected chi connectivity index (χ2v) is 5.08. The van der Waals surface area contributed by atoms with Crippen molar-refractivity contribution in [1.82, 2.24) is 5.32 Å². The third kappa shape index (κ3) is 2.01. The van der Waals surface area contributed by atoms with Crippen LogP contribution < -0.4 is 5.32 Å². The molecule has 1 aliphatic carbocycles. The third-order valence-electron chi connectivity index (χ3n) is 3.43. The molecule has 2 rings (SSSR count). The molecule has 14 heavy (non-hydrogen) atoms. The van der Waals surface area contributed by atoms with Gasteiger partial charge in [-0.25, -0.2) is 0 Å². The molecule has 1 heterocycles. The maximum absolute atomic E-state index is 5.06. The van der Waals surface area contributed by atoms with E-state index in [0.717, 1.165) is 12.5 Å². The van der Waals surface area contributed by atoms with Crippen molar-refractivity contribution >= 4 is 0 Å². The van der Waals surface area contributed by atoms with Crippen molar-refractivity contribution in [3.8, 4) is 0 Å². The van der Waals surface area contributed by atoms with Crippen molar-refractivity contribution in [3.63, 3.8) is 0 Å². The van der Waals surface area contributed by atoms with Gasteiger partial charge in [0, 0.05) is 11.6 Å². The van der Waals surface area contributed by atoms with Gasteiger partial charge >= 0.3 is 0 Å². The first-order chi connectivity index (χ1) is 6.59. The van der Waals surface area contributed by atoms with Crippen LogP contribution in [0.4, 0.5) is 0 Å². The lowest BCUT2D eigenvalue weighted by molar-refractivity contribution is 0.480. The molecule has 0 aromatic carbocycles. The summed E-state index contributed by atoms with van der Waals surface area (Å²) in [5.74, 6) is 0.858. The molecule has 0 aliphatic heterocycles. The average Bonchev–Trinajstić information content (AvgIpc) is 2.58. The maximum Gasteiger partial charge on any atom is 0.0950 e. The molecule has 0 bridgehead atoms. The van der Waals surface area contributed by atoms with Gasteiger partial charge in [-0.1, -0.05) is 13.8 Å². The monoisotopic (exact) mass is 193 g/mol. The summed E-state index contributed by atoms with van der Waals surface area (Å²) in [7, 11) is 0. The van der Waals surface area contributed by atoms with Crippen LogP contribution in [0.3, 0.4) is 0 Å². The Labute approximate surface area is 85.7 Å². The Kier molecular flexibility index (Phi) is 2.40. The second-order valence-electron chi connectivity index (χ2n) is 5.08. The highest BCUT2D eigenvalue weighted by Gasteiger charge is 2.44. The Hall–Kier alpha value is -0.760. The molecule has 78 valence electrons. The molecule has 2 nitrogen and oxygen atoms in total. The molecule has 1 aromatic rings. The number of hydrogen-bond donors (Lipinski definition) is 1. The first kappa shape index (κ1) is 9.78. The third-order valence-corrected chi connectivity index (χ3v) is 3.43. The molecule has 1 fully saturated rings. The van der Waals surface area contributed by atoms with Gasteiger partial charge in [0.2, 0.25) is 0 Å². The minimum Gasteiger partial charge on any atom is -0.472 e. The van der Waals surface area contributed by atoms with E-state index in [-0.39, 0.29) is 0 Å². The van der Waals surface area contributed by atoms with E-state index >= 15 is 0 Å². The standard InChI is InChI=1S/C12H19NO/c1-9(10-4-5-14-8-10)13-7-11-6-12(11,2)3/h4-5,8-9,11,13H,6-7H2,1-3H3. The quantitative estimate of drug-likeness (QED) is 0.795. The summed E-state index contributed by atoms with van der Waals surface area (Å²) < 4.78 is 5.06. The average molecular weight is 193 g/mol. The van der Waals surface area contributed by atoms with Gasteiger partial charge in [-0.3, -0.25) is 0 Å². The van der Waals surface area contributed by atoms with Gasteiger partial charge in [0.05, 0.1) is 12.5 Å². The smallest absolute Gasteiger partial charge is 0.0950 e. The highest BCUT2D eigenvalue weighted by Crippen LogP contribution is 2.51. The zero-order valence-electron chi connectivity index (χ0n) is 9.21. The lowest BCUT2D eigenvalue weighted by atomic mass is 10.1. The number of rotatable bonds is 4. The Bertz CT molecular complexity index is 289. The topological polar surface area (TPSA) is 25.2 Å². The van der Waals surface area contributed by atoms with E-state index in [4.69, 9.17) is 4.42 Å². The molecular formula is C12H19NO. The van der Waals surface area contributed by atoms with E-state index in [2.05, 4.69) is 26.1 Å². The van der Waals surface area contributed by atoms with E-state index < -0.39 is 0 Å². The zero-order chi connectivity index (χ0) is 10.2. The number of furan rings is 1. The van der Waals surface area contributed by atoms with Crippen LogP contribution in [-0.2, 0) is 0 Å². The summed E-state index contributed by atoms with van der Waals surface area (Å²) in [5.41, 5.74) is 1.81. The predicted molar refractivity (Wildman–Crippen MR) is 57.0 cm³/mol. The summed E-state index contributed by atoms with van der Waals surface area (Å²) >= 11 is 0. The normalized spacial score (nSPS) is 26.1. The summed E-state index contributed by atoms with van der Waals surface area (Å²) in [4.78, 5) is 0. The molecule has 1 saturated carbocycles. The van der Waals surface area contributed by atoms with Crippen LogP contribution in [0, 0.1) is 11.3 Å². The molecule has 1 N–H and O–H groups in total. The van der Waals surface area contributed by atoms with Crippen LogP contribution >= 0.6 is 0 Å². The van der Waals surface area contributed by atoms with Gasteiger partial charge < -0.3 is 9.73 Å². The van der Waals surface area contributed by atoms with Gasteiger partial charge in [0.25, 0.3) is 0 Å². The first-order valence-electron chi connectivity index (χ1n) is 5.35. The Morgan fingerprint density at radius 2 is 2.36 bits per heavy atom. The van der Waals surface area contributed by atoms with Crippen LogP contribution in [0.1, 0.15) is 38.8 Å². The van der Waals surface area contributed by atoms with Crippen LogP contribution in [0.25, 0.3) is 0 Å². The minimum absolute atomic E-state index is 0.408. The number of nitrogens with one attached hydrogen (secondary N) is 1. The SMILES string of the molecule is CC(NCC1CC1(C)C)c1ccoc1. The molecule has 2 unspecified atom stereocenters. The van der Waals surface area contributed by atoms with E-state index in [9.17, 15) is 0 Å².